The third kappa shape index (κ3) is 2.36. The third-order valence-electron chi connectivity index (χ3n) is 3.88. The van der Waals surface area contributed by atoms with Crippen molar-refractivity contribution in [2.45, 2.75) is 40.0 Å². The van der Waals surface area contributed by atoms with Gasteiger partial charge in [-0.05, 0) is 18.3 Å². The molecule has 0 heterocycles. The van der Waals surface area contributed by atoms with Gasteiger partial charge < -0.3 is 4.79 Å². The summed E-state index contributed by atoms with van der Waals surface area (Å²) in [6.07, 6.45) is 3.64. The van der Waals surface area contributed by atoms with Crippen LogP contribution in [0.3, 0.4) is 0 Å². The molecule has 1 rings (SSSR count). The van der Waals surface area contributed by atoms with Crippen LogP contribution in [-0.2, 0) is 4.79 Å². The Balaban J connectivity index is 2.97. The van der Waals surface area contributed by atoms with Crippen molar-refractivity contribution >= 4 is 6.29 Å². The second kappa shape index (κ2) is 3.91. The molecule has 0 aromatic rings. The van der Waals surface area contributed by atoms with Crippen molar-refractivity contribution in [2.75, 3.05) is 6.54 Å². The van der Waals surface area contributed by atoms with Crippen LogP contribution >= 0.6 is 0 Å². The quantitative estimate of drug-likeness (QED) is 0.410. The maximum Gasteiger partial charge on any atom is 0.208 e. The summed E-state index contributed by atoms with van der Waals surface area (Å²) in [5.74, 6) is -0.147. The Labute approximate surface area is 90.2 Å². The van der Waals surface area contributed by atoms with Gasteiger partial charge in [0.1, 0.15) is 6.29 Å². The molecule has 0 spiro atoms. The Hall–Kier alpha value is -0.930. The fourth-order valence-electron chi connectivity index (χ4n) is 2.91. The molecule has 0 radical (unpaired) electrons. The molecule has 15 heavy (non-hydrogen) atoms. The number of carbonyl (C=O) groups is 1. The first-order valence-corrected chi connectivity index (χ1v) is 5.40. The largest absolute Gasteiger partial charge is 0.303 e. The SMILES string of the molecule is CC1(C)CCC[C@@](C)(C=O)[C@@H]1C[N+](=O)[O-]. The number of hydrogen-bond donors (Lipinski definition) is 0. The van der Waals surface area contributed by atoms with E-state index in [-0.39, 0.29) is 22.8 Å². The van der Waals surface area contributed by atoms with Gasteiger partial charge in [-0.3, -0.25) is 10.1 Å². The van der Waals surface area contributed by atoms with E-state index in [1.165, 1.54) is 0 Å². The van der Waals surface area contributed by atoms with Gasteiger partial charge >= 0.3 is 0 Å². The zero-order valence-electron chi connectivity index (χ0n) is 9.66. The Morgan fingerprint density at radius 2 is 2.00 bits per heavy atom. The number of nitrogens with zero attached hydrogens (tertiary/aromatic N) is 1. The molecule has 0 aromatic heterocycles. The number of carbonyl (C=O) groups excluding carboxylic acids is 1. The van der Waals surface area contributed by atoms with E-state index in [0.717, 1.165) is 25.5 Å². The summed E-state index contributed by atoms with van der Waals surface area (Å²) in [6.45, 7) is 5.82. The maximum absolute atomic E-state index is 11.1. The number of hydrogen-bond acceptors (Lipinski definition) is 3. The zero-order valence-corrected chi connectivity index (χ0v) is 9.66. The molecule has 0 unspecified atom stereocenters. The van der Waals surface area contributed by atoms with E-state index in [1.807, 2.05) is 20.8 Å². The molecular formula is C11H19NO3. The van der Waals surface area contributed by atoms with Gasteiger partial charge in [-0.15, -0.1) is 0 Å². The Bertz CT molecular complexity index is 275. The molecule has 0 saturated heterocycles. The molecule has 1 aliphatic rings. The van der Waals surface area contributed by atoms with Gasteiger partial charge in [0.25, 0.3) is 0 Å². The van der Waals surface area contributed by atoms with Gasteiger partial charge in [0.2, 0.25) is 6.54 Å². The standard InChI is InChI=1S/C11H19NO3/c1-10(2)5-4-6-11(3,8-13)9(10)7-12(14)15/h8-9H,4-7H2,1-3H3/t9-,11+/m1/s1. The first-order valence-electron chi connectivity index (χ1n) is 5.40. The maximum atomic E-state index is 11.1. The van der Waals surface area contributed by atoms with Gasteiger partial charge in [-0.25, -0.2) is 0 Å². The third-order valence-corrected chi connectivity index (χ3v) is 3.88. The summed E-state index contributed by atoms with van der Waals surface area (Å²) in [5.41, 5.74) is -0.629. The highest BCUT2D eigenvalue weighted by atomic mass is 16.6. The normalized spacial score (nSPS) is 34.7. The van der Waals surface area contributed by atoms with Gasteiger partial charge in [-0.1, -0.05) is 27.2 Å². The van der Waals surface area contributed by atoms with Crippen molar-refractivity contribution in [1.29, 1.82) is 0 Å². The lowest BCUT2D eigenvalue weighted by Gasteiger charge is -2.45. The summed E-state index contributed by atoms with van der Waals surface area (Å²) >= 11 is 0. The van der Waals surface area contributed by atoms with Crippen molar-refractivity contribution < 1.29 is 9.72 Å². The Morgan fingerprint density at radius 1 is 1.40 bits per heavy atom. The summed E-state index contributed by atoms with van der Waals surface area (Å²) in [4.78, 5) is 21.5. The summed E-state index contributed by atoms with van der Waals surface area (Å²) in [5, 5.41) is 10.6. The molecule has 1 fully saturated rings. The van der Waals surface area contributed by atoms with Gasteiger partial charge in [0.05, 0.1) is 0 Å². The van der Waals surface area contributed by atoms with E-state index in [2.05, 4.69) is 0 Å². The average molecular weight is 213 g/mol. The average Bonchev–Trinajstić information content (AvgIpc) is 2.11. The molecule has 0 amide bonds. The predicted octanol–water partition coefficient (Wildman–Crippen LogP) is 2.29. The van der Waals surface area contributed by atoms with E-state index in [0.29, 0.717) is 0 Å². The lowest BCUT2D eigenvalue weighted by molar-refractivity contribution is -0.496. The summed E-state index contributed by atoms with van der Waals surface area (Å²) < 4.78 is 0. The van der Waals surface area contributed by atoms with E-state index < -0.39 is 5.41 Å². The van der Waals surface area contributed by atoms with Crippen LogP contribution in [-0.4, -0.2) is 17.8 Å². The van der Waals surface area contributed by atoms with Crippen molar-refractivity contribution in [2.24, 2.45) is 16.7 Å². The molecule has 1 aliphatic carbocycles. The molecule has 4 heteroatoms. The number of rotatable bonds is 3. The highest BCUT2D eigenvalue weighted by Crippen LogP contribution is 2.49. The first-order chi connectivity index (χ1) is 6.82. The molecule has 1 saturated carbocycles. The Morgan fingerprint density at radius 3 is 2.47 bits per heavy atom. The van der Waals surface area contributed by atoms with Crippen LogP contribution < -0.4 is 0 Å². The minimum atomic E-state index is -0.519. The van der Waals surface area contributed by atoms with Crippen LogP contribution in [0.4, 0.5) is 0 Å². The molecule has 2 atom stereocenters. The lowest BCUT2D eigenvalue weighted by atomic mass is 9.57. The summed E-state index contributed by atoms with van der Waals surface area (Å²) in [6, 6.07) is 0. The van der Waals surface area contributed by atoms with Crippen LogP contribution in [0.1, 0.15) is 40.0 Å². The highest BCUT2D eigenvalue weighted by molar-refractivity contribution is 5.59. The van der Waals surface area contributed by atoms with E-state index >= 15 is 0 Å². The van der Waals surface area contributed by atoms with Crippen LogP contribution in [0.15, 0.2) is 0 Å². The van der Waals surface area contributed by atoms with Crippen LogP contribution in [0.5, 0.6) is 0 Å². The fourth-order valence-corrected chi connectivity index (χ4v) is 2.91. The lowest BCUT2D eigenvalue weighted by Crippen LogP contribution is -2.46. The molecule has 0 aliphatic heterocycles. The minimum absolute atomic E-state index is 0.0950. The Kier molecular flexibility index (Phi) is 3.16. The first kappa shape index (κ1) is 12.1. The molecule has 0 bridgehead atoms. The smallest absolute Gasteiger partial charge is 0.208 e. The molecule has 86 valence electrons. The fraction of sp³-hybridized carbons (Fsp3) is 0.909. The van der Waals surface area contributed by atoms with E-state index in [4.69, 9.17) is 0 Å². The second-order valence-corrected chi connectivity index (χ2v) is 5.53. The van der Waals surface area contributed by atoms with Gasteiger partial charge in [-0.2, -0.15) is 0 Å². The van der Waals surface area contributed by atoms with Crippen molar-refractivity contribution in [1.82, 2.24) is 0 Å². The molecule has 0 N–H and O–H groups in total. The van der Waals surface area contributed by atoms with Crippen molar-refractivity contribution in [3.63, 3.8) is 0 Å². The molecule has 4 nitrogen and oxygen atoms in total. The summed E-state index contributed by atoms with van der Waals surface area (Å²) in [7, 11) is 0. The van der Waals surface area contributed by atoms with Gasteiger partial charge in [0.15, 0.2) is 0 Å². The van der Waals surface area contributed by atoms with E-state index in [9.17, 15) is 14.9 Å². The molecule has 0 aromatic carbocycles. The topological polar surface area (TPSA) is 60.2 Å². The predicted molar refractivity (Wildman–Crippen MR) is 57.2 cm³/mol. The van der Waals surface area contributed by atoms with E-state index in [1.54, 1.807) is 0 Å². The molecular weight excluding hydrogens is 194 g/mol. The van der Waals surface area contributed by atoms with Crippen molar-refractivity contribution in [3.8, 4) is 0 Å². The van der Waals surface area contributed by atoms with Gasteiger partial charge in [0, 0.05) is 16.3 Å². The second-order valence-electron chi connectivity index (χ2n) is 5.53. The zero-order chi connectivity index (χ0) is 11.7. The highest BCUT2D eigenvalue weighted by Gasteiger charge is 2.49. The van der Waals surface area contributed by atoms with Crippen LogP contribution in [0.25, 0.3) is 0 Å². The monoisotopic (exact) mass is 213 g/mol. The number of nitro groups is 1. The van der Waals surface area contributed by atoms with Crippen molar-refractivity contribution in [3.05, 3.63) is 10.1 Å². The van der Waals surface area contributed by atoms with Crippen LogP contribution in [0, 0.1) is 26.9 Å². The minimum Gasteiger partial charge on any atom is -0.303 e. The number of aldehydes is 1. The van der Waals surface area contributed by atoms with Crippen LogP contribution in [0.2, 0.25) is 0 Å².